The van der Waals surface area contributed by atoms with Gasteiger partial charge in [-0.2, -0.15) is 13.2 Å². The maximum atomic E-state index is 10.4. The number of aldehydes is 1. The number of hydrogen-bond donors (Lipinski definition) is 1. The molecule has 0 saturated heterocycles. The molecule has 7 heteroatoms. The lowest BCUT2D eigenvalue weighted by Gasteiger charge is -2.05. The monoisotopic (exact) mass is 338 g/mol. The second-order valence-electron chi connectivity index (χ2n) is 4.53. The summed E-state index contributed by atoms with van der Waals surface area (Å²) in [6.07, 6.45) is -5.70. The average Bonchev–Trinajstić information content (AvgIpc) is 3.02. The summed E-state index contributed by atoms with van der Waals surface area (Å²) in [6.45, 7) is 0. The first-order chi connectivity index (χ1) is 10.9. The van der Waals surface area contributed by atoms with Crippen molar-refractivity contribution >= 4 is 33.5 Å². The minimum absolute atomic E-state index is 1.06. The fraction of sp³-hybridized carbons (Fsp3) is 0.125. The van der Waals surface area contributed by atoms with Crippen LogP contribution in [0, 0.1) is 0 Å². The second-order valence-corrected chi connectivity index (χ2v) is 5.41. The number of nitrogens with one attached hydrogen (secondary N) is 1. The molecule has 120 valence electrons. The Kier molecular flexibility index (Phi) is 5.33. The van der Waals surface area contributed by atoms with E-state index in [0.717, 1.165) is 11.2 Å². The van der Waals surface area contributed by atoms with Crippen LogP contribution in [-0.2, 0) is 4.79 Å². The molecule has 0 radical (unpaired) electrons. The molecule has 3 rings (SSSR count). The topological polar surface area (TPSA) is 42.0 Å². The zero-order chi connectivity index (χ0) is 16.9. The molecule has 0 aliphatic heterocycles. The Morgan fingerprint density at radius 1 is 1.13 bits per heavy atom. The third-order valence-electron chi connectivity index (χ3n) is 2.95. The van der Waals surface area contributed by atoms with Crippen LogP contribution in [0.1, 0.15) is 0 Å². The van der Waals surface area contributed by atoms with E-state index in [9.17, 15) is 13.2 Å². The van der Waals surface area contributed by atoms with Gasteiger partial charge in [0.25, 0.3) is 0 Å². The number of halogens is 3. The maximum Gasteiger partial charge on any atom is 0.446 e. The average molecular weight is 338 g/mol. The van der Waals surface area contributed by atoms with Crippen LogP contribution < -0.4 is 5.32 Å². The van der Waals surface area contributed by atoms with E-state index in [1.807, 2.05) is 12.6 Å². The summed E-state index contributed by atoms with van der Waals surface area (Å²) in [5.74, 6) is 0. The minimum Gasteiger partial charge on any atom is -0.388 e. The highest BCUT2D eigenvalue weighted by atomic mass is 32.1. The summed E-state index contributed by atoms with van der Waals surface area (Å²) in [6, 6.07) is 14.8. The van der Waals surface area contributed by atoms with Gasteiger partial charge >= 0.3 is 6.18 Å². The third kappa shape index (κ3) is 4.79. The van der Waals surface area contributed by atoms with E-state index in [1.165, 1.54) is 15.8 Å². The smallest absolute Gasteiger partial charge is 0.388 e. The maximum absolute atomic E-state index is 10.4. The number of aromatic nitrogens is 1. The van der Waals surface area contributed by atoms with Gasteiger partial charge in [0, 0.05) is 12.7 Å². The molecule has 23 heavy (non-hydrogen) atoms. The lowest BCUT2D eigenvalue weighted by molar-refractivity contribution is -0.156. The van der Waals surface area contributed by atoms with Crippen LogP contribution in [-0.4, -0.2) is 24.5 Å². The predicted molar refractivity (Wildman–Crippen MR) is 86.7 cm³/mol. The molecule has 0 atom stereocenters. The molecule has 0 amide bonds. The zero-order valence-corrected chi connectivity index (χ0v) is 12.9. The summed E-state index contributed by atoms with van der Waals surface area (Å²) in [5.41, 5.74) is 6.51. The molecule has 1 heterocycles. The molecule has 1 aromatic heterocycles. The lowest BCUT2D eigenvalue weighted by atomic mass is 10.0. The molecule has 0 spiro atoms. The van der Waals surface area contributed by atoms with Gasteiger partial charge in [-0.05, 0) is 35.4 Å². The number of carbonyl (C=O) groups is 1. The van der Waals surface area contributed by atoms with Crippen molar-refractivity contribution in [3.63, 3.8) is 0 Å². The van der Waals surface area contributed by atoms with Crippen molar-refractivity contribution in [2.24, 2.45) is 0 Å². The Morgan fingerprint density at radius 3 is 2.48 bits per heavy atom. The van der Waals surface area contributed by atoms with Crippen molar-refractivity contribution in [2.45, 2.75) is 6.18 Å². The zero-order valence-electron chi connectivity index (χ0n) is 12.1. The highest BCUT2D eigenvalue weighted by molar-refractivity contribution is 7.16. The van der Waals surface area contributed by atoms with Crippen LogP contribution in [0.15, 0.2) is 48.0 Å². The van der Waals surface area contributed by atoms with Gasteiger partial charge in [0.15, 0.2) is 0 Å². The molecular weight excluding hydrogens is 325 g/mol. The largest absolute Gasteiger partial charge is 0.446 e. The first-order valence-corrected chi connectivity index (χ1v) is 7.45. The van der Waals surface area contributed by atoms with Crippen LogP contribution in [0.5, 0.6) is 0 Å². The van der Waals surface area contributed by atoms with Crippen molar-refractivity contribution < 1.29 is 18.0 Å². The Balaban J connectivity index is 0.000000277. The Bertz CT molecular complexity index is 799. The van der Waals surface area contributed by atoms with E-state index < -0.39 is 12.5 Å². The van der Waals surface area contributed by atoms with E-state index in [2.05, 4.69) is 52.8 Å². The fourth-order valence-corrected chi connectivity index (χ4v) is 2.55. The summed E-state index contributed by atoms with van der Waals surface area (Å²) in [7, 11) is 1.93. The van der Waals surface area contributed by atoms with Gasteiger partial charge < -0.3 is 5.32 Å². The summed E-state index contributed by atoms with van der Waals surface area (Å²) in [5, 5.41) is 3.16. The fourth-order valence-electron chi connectivity index (χ4n) is 1.89. The van der Waals surface area contributed by atoms with Crippen molar-refractivity contribution in [3.8, 4) is 11.1 Å². The first-order valence-electron chi connectivity index (χ1n) is 6.57. The van der Waals surface area contributed by atoms with Gasteiger partial charge in [-0.3, -0.25) is 4.79 Å². The van der Waals surface area contributed by atoms with Crippen molar-refractivity contribution in [3.05, 3.63) is 48.0 Å². The van der Waals surface area contributed by atoms with E-state index >= 15 is 0 Å². The standard InChI is InChI=1S/C14H12N2S.C2HF3O/c1-15-12-4-2-3-10(7-12)11-5-6-14-13(8-11)16-9-17-14;3-2(4,5)1-6/h2-9,15H,1H3;1H. The number of fused-ring (bicyclic) bond motifs is 1. The molecular formula is C16H13F3N2OS. The molecule has 0 aliphatic rings. The first kappa shape index (κ1) is 17.0. The molecule has 3 aromatic rings. The summed E-state index contributed by atoms with van der Waals surface area (Å²) >= 11 is 1.68. The predicted octanol–water partition coefficient (Wildman–Crippen LogP) is 4.75. The second kappa shape index (κ2) is 7.23. The molecule has 1 N–H and O–H groups in total. The number of rotatable bonds is 2. The van der Waals surface area contributed by atoms with Crippen LogP contribution in [0.25, 0.3) is 21.3 Å². The van der Waals surface area contributed by atoms with E-state index in [4.69, 9.17) is 4.79 Å². The van der Waals surface area contributed by atoms with Crippen LogP contribution in [0.3, 0.4) is 0 Å². The van der Waals surface area contributed by atoms with Crippen LogP contribution in [0.4, 0.5) is 18.9 Å². The molecule has 0 bridgehead atoms. The molecule has 0 fully saturated rings. The van der Waals surface area contributed by atoms with Crippen LogP contribution >= 0.6 is 11.3 Å². The highest BCUT2D eigenvalue weighted by Crippen LogP contribution is 2.27. The molecule has 2 aromatic carbocycles. The van der Waals surface area contributed by atoms with Gasteiger partial charge in [-0.1, -0.05) is 18.2 Å². The number of nitrogens with zero attached hydrogens (tertiary/aromatic N) is 1. The highest BCUT2D eigenvalue weighted by Gasteiger charge is 2.24. The number of thiazole rings is 1. The van der Waals surface area contributed by atoms with E-state index in [-0.39, 0.29) is 0 Å². The van der Waals surface area contributed by atoms with E-state index in [1.54, 1.807) is 11.3 Å². The molecule has 3 nitrogen and oxygen atoms in total. The lowest BCUT2D eigenvalue weighted by Crippen LogP contribution is -2.07. The Labute approximate surface area is 134 Å². The number of anilines is 1. The molecule has 0 aliphatic carbocycles. The van der Waals surface area contributed by atoms with E-state index in [0.29, 0.717) is 0 Å². The quantitative estimate of drug-likeness (QED) is 0.686. The SMILES string of the molecule is CNc1cccc(-c2ccc3scnc3c2)c1.O=CC(F)(F)F. The van der Waals surface area contributed by atoms with Crippen molar-refractivity contribution in [2.75, 3.05) is 12.4 Å². The Hall–Kier alpha value is -2.41. The van der Waals surface area contributed by atoms with Crippen molar-refractivity contribution in [1.82, 2.24) is 4.98 Å². The molecule has 0 saturated carbocycles. The molecule has 0 unspecified atom stereocenters. The number of alkyl halides is 3. The summed E-state index contributed by atoms with van der Waals surface area (Å²) in [4.78, 5) is 13.1. The third-order valence-corrected chi connectivity index (χ3v) is 3.76. The van der Waals surface area contributed by atoms with Gasteiger partial charge in [0.2, 0.25) is 6.29 Å². The normalized spacial score (nSPS) is 10.8. The summed E-state index contributed by atoms with van der Waals surface area (Å²) < 4.78 is 32.5. The minimum atomic E-state index is -4.64. The van der Waals surface area contributed by atoms with Gasteiger partial charge in [0.05, 0.1) is 15.7 Å². The van der Waals surface area contributed by atoms with Crippen LogP contribution in [0.2, 0.25) is 0 Å². The van der Waals surface area contributed by atoms with Crippen molar-refractivity contribution in [1.29, 1.82) is 0 Å². The van der Waals surface area contributed by atoms with Gasteiger partial charge in [-0.25, -0.2) is 4.98 Å². The number of benzene rings is 2. The number of hydrogen-bond acceptors (Lipinski definition) is 4. The van der Waals surface area contributed by atoms with Gasteiger partial charge in [-0.15, -0.1) is 11.3 Å². The Morgan fingerprint density at radius 2 is 1.83 bits per heavy atom. The van der Waals surface area contributed by atoms with Gasteiger partial charge in [0.1, 0.15) is 0 Å². The number of carbonyl (C=O) groups excluding carboxylic acids is 1.